The Morgan fingerprint density at radius 3 is 2.67 bits per heavy atom. The van der Waals surface area contributed by atoms with E-state index in [2.05, 4.69) is 20.0 Å². The maximum Gasteiger partial charge on any atom is 0.230 e. The Morgan fingerprint density at radius 1 is 1.15 bits per heavy atom. The molecule has 5 nitrogen and oxygen atoms in total. The number of likely N-dealkylation sites (tertiary alicyclic amines) is 1. The summed E-state index contributed by atoms with van der Waals surface area (Å²) >= 11 is 0. The van der Waals surface area contributed by atoms with Crippen LogP contribution in [0.4, 0.5) is 8.78 Å². The summed E-state index contributed by atoms with van der Waals surface area (Å²) in [6, 6.07) is 9.22. The molecule has 3 heterocycles. The van der Waals surface area contributed by atoms with E-state index in [9.17, 15) is 8.78 Å². The molecule has 1 aliphatic heterocycles. The minimum atomic E-state index is -0.553. The number of benzene rings is 1. The third-order valence-electron chi connectivity index (χ3n) is 5.17. The van der Waals surface area contributed by atoms with Crippen molar-refractivity contribution < 1.29 is 13.3 Å². The van der Waals surface area contributed by atoms with Gasteiger partial charge in [0.15, 0.2) is 0 Å². The van der Waals surface area contributed by atoms with Crippen LogP contribution in [0.3, 0.4) is 0 Å². The summed E-state index contributed by atoms with van der Waals surface area (Å²) in [6.45, 7) is 3.51. The van der Waals surface area contributed by atoms with Gasteiger partial charge in [-0.3, -0.25) is 9.88 Å². The lowest BCUT2D eigenvalue weighted by atomic mass is 9.94. The van der Waals surface area contributed by atoms with Crippen molar-refractivity contribution in [2.24, 2.45) is 0 Å². The molecule has 1 saturated heterocycles. The van der Waals surface area contributed by atoms with Crippen molar-refractivity contribution in [1.29, 1.82) is 0 Å². The fourth-order valence-corrected chi connectivity index (χ4v) is 3.57. The molecule has 0 amide bonds. The fraction of sp³-hybridized carbons (Fsp3) is 0.350. The number of rotatable bonds is 4. The van der Waals surface area contributed by atoms with E-state index in [1.54, 1.807) is 6.20 Å². The first-order valence-electron chi connectivity index (χ1n) is 9.06. The van der Waals surface area contributed by atoms with E-state index in [0.717, 1.165) is 32.0 Å². The van der Waals surface area contributed by atoms with Gasteiger partial charge < -0.3 is 4.52 Å². The van der Waals surface area contributed by atoms with E-state index in [4.69, 9.17) is 4.52 Å². The number of hydrogen-bond donors (Lipinski definition) is 0. The van der Waals surface area contributed by atoms with E-state index in [-0.39, 0.29) is 12.0 Å². The summed E-state index contributed by atoms with van der Waals surface area (Å²) in [4.78, 5) is 10.9. The van der Waals surface area contributed by atoms with Crippen molar-refractivity contribution in [2.45, 2.75) is 31.7 Å². The maximum atomic E-state index is 14.1. The minimum Gasteiger partial charge on any atom is -0.339 e. The largest absolute Gasteiger partial charge is 0.339 e. The van der Waals surface area contributed by atoms with Gasteiger partial charge in [-0.2, -0.15) is 4.98 Å². The van der Waals surface area contributed by atoms with E-state index in [1.165, 1.54) is 12.1 Å². The molecule has 3 aromatic rings. The van der Waals surface area contributed by atoms with Gasteiger partial charge in [0.05, 0.1) is 0 Å². The van der Waals surface area contributed by atoms with Gasteiger partial charge in [-0.1, -0.05) is 17.3 Å². The Labute approximate surface area is 156 Å². The molecule has 0 aliphatic carbocycles. The molecule has 0 spiro atoms. The predicted octanol–water partition coefficient (Wildman–Crippen LogP) is 4.35. The molecule has 1 aliphatic rings. The van der Waals surface area contributed by atoms with E-state index in [0.29, 0.717) is 23.0 Å². The van der Waals surface area contributed by atoms with Crippen LogP contribution in [-0.2, 0) is 0 Å². The topological polar surface area (TPSA) is 55.1 Å². The van der Waals surface area contributed by atoms with E-state index in [1.807, 2.05) is 25.1 Å². The Bertz CT molecular complexity index is 907. The molecule has 7 heteroatoms. The van der Waals surface area contributed by atoms with Gasteiger partial charge in [-0.05, 0) is 51.1 Å². The molecule has 4 rings (SSSR count). The first kappa shape index (κ1) is 17.7. The van der Waals surface area contributed by atoms with E-state index < -0.39 is 11.6 Å². The number of nitrogens with zero attached hydrogens (tertiary/aromatic N) is 4. The lowest BCUT2D eigenvalue weighted by Gasteiger charge is -2.35. The fourth-order valence-electron chi connectivity index (χ4n) is 3.57. The Balaban J connectivity index is 1.41. The van der Waals surface area contributed by atoms with Gasteiger partial charge >= 0.3 is 0 Å². The van der Waals surface area contributed by atoms with E-state index >= 15 is 0 Å². The smallest absolute Gasteiger partial charge is 0.230 e. The standard InChI is InChI=1S/C20H20F2N4O/c1-13(16-6-5-15(21)12-17(16)22)26-10-7-14(8-11-26)20-24-19(25-27-20)18-4-2-3-9-23-18/h2-6,9,12-14H,7-8,10-11H2,1H3/t13-/m1/s1. The number of piperidine rings is 1. The van der Waals surface area contributed by atoms with Crippen LogP contribution in [-0.4, -0.2) is 33.1 Å². The van der Waals surface area contributed by atoms with Gasteiger partial charge in [0, 0.05) is 29.8 Å². The highest BCUT2D eigenvalue weighted by molar-refractivity contribution is 5.47. The highest BCUT2D eigenvalue weighted by Gasteiger charge is 2.29. The van der Waals surface area contributed by atoms with Gasteiger partial charge in [0.25, 0.3) is 0 Å². The van der Waals surface area contributed by atoms with Crippen molar-refractivity contribution in [3.63, 3.8) is 0 Å². The lowest BCUT2D eigenvalue weighted by molar-refractivity contribution is 0.149. The molecular weight excluding hydrogens is 350 g/mol. The van der Waals surface area contributed by atoms with Crippen LogP contribution in [0, 0.1) is 11.6 Å². The molecule has 1 fully saturated rings. The summed E-state index contributed by atoms with van der Waals surface area (Å²) in [6.07, 6.45) is 3.38. The van der Waals surface area contributed by atoms with Crippen LogP contribution in [0.15, 0.2) is 47.1 Å². The summed E-state index contributed by atoms with van der Waals surface area (Å²) in [5.74, 6) is 0.242. The zero-order valence-electron chi connectivity index (χ0n) is 15.0. The second kappa shape index (κ2) is 7.52. The SMILES string of the molecule is C[C@H](c1ccc(F)cc1F)N1CCC(c2nc(-c3ccccn3)no2)CC1. The monoisotopic (exact) mass is 370 g/mol. The number of pyridine rings is 1. The number of hydrogen-bond acceptors (Lipinski definition) is 5. The van der Waals surface area contributed by atoms with Crippen molar-refractivity contribution in [2.75, 3.05) is 13.1 Å². The highest BCUT2D eigenvalue weighted by Crippen LogP contribution is 2.33. The third kappa shape index (κ3) is 3.73. The lowest BCUT2D eigenvalue weighted by Crippen LogP contribution is -2.35. The molecule has 0 unspecified atom stereocenters. The summed E-state index contributed by atoms with van der Waals surface area (Å²) < 4.78 is 32.6. The van der Waals surface area contributed by atoms with Crippen molar-refractivity contribution in [3.8, 4) is 11.5 Å². The molecule has 1 aromatic carbocycles. The zero-order chi connectivity index (χ0) is 18.8. The van der Waals surface area contributed by atoms with Crippen LogP contribution >= 0.6 is 0 Å². The summed E-state index contributed by atoms with van der Waals surface area (Å²) in [7, 11) is 0. The Hall–Kier alpha value is -2.67. The Morgan fingerprint density at radius 2 is 1.96 bits per heavy atom. The normalized spacial score (nSPS) is 17.1. The quantitative estimate of drug-likeness (QED) is 0.683. The second-order valence-corrected chi connectivity index (χ2v) is 6.82. The van der Waals surface area contributed by atoms with Crippen LogP contribution < -0.4 is 0 Å². The average molecular weight is 370 g/mol. The minimum absolute atomic E-state index is 0.113. The van der Waals surface area contributed by atoms with Gasteiger partial charge in [-0.25, -0.2) is 8.78 Å². The van der Waals surface area contributed by atoms with Crippen molar-refractivity contribution in [3.05, 3.63) is 65.7 Å². The van der Waals surface area contributed by atoms with Crippen LogP contribution in [0.25, 0.3) is 11.5 Å². The Kier molecular flexibility index (Phi) is 4.94. The van der Waals surface area contributed by atoms with Gasteiger partial charge in [0.1, 0.15) is 17.3 Å². The van der Waals surface area contributed by atoms with Gasteiger partial charge in [-0.15, -0.1) is 0 Å². The first-order valence-corrected chi connectivity index (χ1v) is 9.06. The third-order valence-corrected chi connectivity index (χ3v) is 5.17. The molecule has 140 valence electrons. The number of halogens is 2. The first-order chi connectivity index (χ1) is 13.1. The molecule has 0 radical (unpaired) electrons. The van der Waals surface area contributed by atoms with Crippen LogP contribution in [0.1, 0.15) is 43.2 Å². The molecule has 2 aromatic heterocycles. The second-order valence-electron chi connectivity index (χ2n) is 6.82. The molecule has 1 atom stereocenters. The van der Waals surface area contributed by atoms with Crippen molar-refractivity contribution in [1.82, 2.24) is 20.0 Å². The average Bonchev–Trinajstić information content (AvgIpc) is 3.19. The zero-order valence-corrected chi connectivity index (χ0v) is 15.0. The van der Waals surface area contributed by atoms with Crippen molar-refractivity contribution >= 4 is 0 Å². The maximum absolute atomic E-state index is 14.1. The predicted molar refractivity (Wildman–Crippen MR) is 95.9 cm³/mol. The molecule has 27 heavy (non-hydrogen) atoms. The van der Waals surface area contributed by atoms with Gasteiger partial charge in [0.2, 0.25) is 11.7 Å². The molecule has 0 saturated carbocycles. The summed E-state index contributed by atoms with van der Waals surface area (Å²) in [5.41, 5.74) is 1.20. The molecular formula is C20H20F2N4O. The molecule has 0 bridgehead atoms. The number of aromatic nitrogens is 3. The molecule has 0 N–H and O–H groups in total. The van der Waals surface area contributed by atoms with Crippen LogP contribution in [0.5, 0.6) is 0 Å². The highest BCUT2D eigenvalue weighted by atomic mass is 19.1. The van der Waals surface area contributed by atoms with Crippen LogP contribution in [0.2, 0.25) is 0 Å². The summed E-state index contributed by atoms with van der Waals surface area (Å²) in [5, 5.41) is 4.04.